The van der Waals surface area contributed by atoms with E-state index in [1.807, 2.05) is 19.1 Å². The van der Waals surface area contributed by atoms with Crippen molar-refractivity contribution in [2.45, 2.75) is 59.0 Å². The van der Waals surface area contributed by atoms with Gasteiger partial charge >= 0.3 is 0 Å². The summed E-state index contributed by atoms with van der Waals surface area (Å²) in [6.45, 7) is 9.45. The van der Waals surface area contributed by atoms with E-state index in [0.717, 1.165) is 12.4 Å². The minimum Gasteiger partial charge on any atom is -0.494 e. The van der Waals surface area contributed by atoms with Gasteiger partial charge in [-0.3, -0.25) is 0 Å². The molecule has 2 heteroatoms. The summed E-state index contributed by atoms with van der Waals surface area (Å²) in [4.78, 5) is 0. The molecule has 2 nitrogen and oxygen atoms in total. The second kappa shape index (κ2) is 8.15. The van der Waals surface area contributed by atoms with E-state index < -0.39 is 0 Å². The largest absolute Gasteiger partial charge is 0.494 e. The summed E-state index contributed by atoms with van der Waals surface area (Å²) in [5, 5.41) is 3.64. The Labute approximate surface area is 112 Å². The summed E-state index contributed by atoms with van der Waals surface area (Å²) >= 11 is 0. The maximum Gasteiger partial charge on any atom is 0.119 e. The summed E-state index contributed by atoms with van der Waals surface area (Å²) in [5.41, 5.74) is 1.32. The number of hydrogen-bond acceptors (Lipinski definition) is 2. The van der Waals surface area contributed by atoms with Crippen molar-refractivity contribution in [1.82, 2.24) is 5.32 Å². The van der Waals surface area contributed by atoms with E-state index in [-0.39, 0.29) is 0 Å². The Bertz CT molecular complexity index is 320. The lowest BCUT2D eigenvalue weighted by atomic mass is 10.1. The van der Waals surface area contributed by atoms with Gasteiger partial charge in [-0.15, -0.1) is 0 Å². The molecule has 18 heavy (non-hydrogen) atoms. The number of nitrogens with one attached hydrogen (secondary N) is 1. The molecule has 0 fully saturated rings. The van der Waals surface area contributed by atoms with E-state index in [2.05, 4.69) is 38.2 Å². The first-order chi connectivity index (χ1) is 8.67. The molecule has 0 heterocycles. The molecular formula is C16H27NO. The number of hydrogen-bond donors (Lipinski definition) is 1. The molecule has 0 spiro atoms. The van der Waals surface area contributed by atoms with Gasteiger partial charge in [0.1, 0.15) is 5.75 Å². The normalized spacial score (nSPS) is 14.2. The lowest BCUT2D eigenvalue weighted by molar-refractivity contribution is 0.340. The summed E-state index contributed by atoms with van der Waals surface area (Å²) in [5.74, 6) is 0.951. The van der Waals surface area contributed by atoms with E-state index in [1.54, 1.807) is 0 Å². The fourth-order valence-electron chi connectivity index (χ4n) is 2.14. The van der Waals surface area contributed by atoms with Gasteiger partial charge in [-0.25, -0.2) is 0 Å². The van der Waals surface area contributed by atoms with Crippen LogP contribution in [0.2, 0.25) is 0 Å². The van der Waals surface area contributed by atoms with E-state index >= 15 is 0 Å². The monoisotopic (exact) mass is 249 g/mol. The van der Waals surface area contributed by atoms with Gasteiger partial charge < -0.3 is 10.1 Å². The van der Waals surface area contributed by atoms with Gasteiger partial charge in [0, 0.05) is 12.1 Å². The van der Waals surface area contributed by atoms with E-state index in [4.69, 9.17) is 4.74 Å². The van der Waals surface area contributed by atoms with Crippen LogP contribution in [0.25, 0.3) is 0 Å². The van der Waals surface area contributed by atoms with Crippen molar-refractivity contribution in [3.8, 4) is 5.75 Å². The van der Waals surface area contributed by atoms with Gasteiger partial charge in [-0.05, 0) is 44.9 Å². The Kier molecular flexibility index (Phi) is 6.81. The SMILES string of the molecule is CCCCC(C)NC(C)c1ccc(OCC)cc1. The maximum absolute atomic E-state index is 5.45. The molecule has 0 radical (unpaired) electrons. The molecule has 2 unspecified atom stereocenters. The molecule has 0 amide bonds. The molecule has 1 aromatic rings. The third kappa shape index (κ3) is 5.09. The third-order valence-corrected chi connectivity index (χ3v) is 3.22. The summed E-state index contributed by atoms with van der Waals surface area (Å²) in [6.07, 6.45) is 3.81. The van der Waals surface area contributed by atoms with Crippen LogP contribution in [0.3, 0.4) is 0 Å². The van der Waals surface area contributed by atoms with Crippen molar-refractivity contribution in [3.63, 3.8) is 0 Å². The Morgan fingerprint density at radius 1 is 1.11 bits per heavy atom. The molecule has 2 atom stereocenters. The average molecular weight is 249 g/mol. The number of unbranched alkanes of at least 4 members (excludes halogenated alkanes) is 1. The Hall–Kier alpha value is -1.02. The Morgan fingerprint density at radius 3 is 2.33 bits per heavy atom. The van der Waals surface area contributed by atoms with Crippen LogP contribution in [-0.4, -0.2) is 12.6 Å². The average Bonchev–Trinajstić information content (AvgIpc) is 2.37. The van der Waals surface area contributed by atoms with Crippen molar-refractivity contribution in [2.24, 2.45) is 0 Å². The maximum atomic E-state index is 5.45. The lowest BCUT2D eigenvalue weighted by Gasteiger charge is -2.20. The fourth-order valence-corrected chi connectivity index (χ4v) is 2.14. The highest BCUT2D eigenvalue weighted by molar-refractivity contribution is 5.28. The first-order valence-electron chi connectivity index (χ1n) is 7.16. The minimum absolute atomic E-state index is 0.396. The molecule has 1 N–H and O–H groups in total. The van der Waals surface area contributed by atoms with Crippen LogP contribution in [0.1, 0.15) is 58.6 Å². The van der Waals surface area contributed by atoms with Crippen LogP contribution in [0, 0.1) is 0 Å². The summed E-state index contributed by atoms with van der Waals surface area (Å²) in [6, 6.07) is 9.37. The van der Waals surface area contributed by atoms with Crippen LogP contribution < -0.4 is 10.1 Å². The van der Waals surface area contributed by atoms with Crippen molar-refractivity contribution in [3.05, 3.63) is 29.8 Å². The molecule has 0 aliphatic rings. The highest BCUT2D eigenvalue weighted by Gasteiger charge is 2.09. The first kappa shape index (κ1) is 15.0. The second-order valence-electron chi connectivity index (χ2n) is 4.93. The van der Waals surface area contributed by atoms with Crippen molar-refractivity contribution < 1.29 is 4.74 Å². The van der Waals surface area contributed by atoms with Crippen LogP contribution in [0.5, 0.6) is 5.75 Å². The van der Waals surface area contributed by atoms with Gasteiger partial charge in [-0.1, -0.05) is 31.9 Å². The quantitative estimate of drug-likeness (QED) is 0.741. The Morgan fingerprint density at radius 2 is 1.78 bits per heavy atom. The van der Waals surface area contributed by atoms with Crippen LogP contribution in [-0.2, 0) is 0 Å². The highest BCUT2D eigenvalue weighted by Crippen LogP contribution is 2.18. The predicted molar refractivity (Wildman–Crippen MR) is 78.1 cm³/mol. The standard InChI is InChI=1S/C16H27NO/c1-5-7-8-13(3)17-14(4)15-9-11-16(12-10-15)18-6-2/h9-14,17H,5-8H2,1-4H3. The zero-order chi connectivity index (χ0) is 13.4. The smallest absolute Gasteiger partial charge is 0.119 e. The fraction of sp³-hybridized carbons (Fsp3) is 0.625. The first-order valence-corrected chi connectivity index (χ1v) is 7.16. The minimum atomic E-state index is 0.396. The van der Waals surface area contributed by atoms with E-state index in [9.17, 15) is 0 Å². The molecule has 0 aliphatic heterocycles. The topological polar surface area (TPSA) is 21.3 Å². The highest BCUT2D eigenvalue weighted by atomic mass is 16.5. The predicted octanol–water partition coefficient (Wildman–Crippen LogP) is 4.31. The van der Waals surface area contributed by atoms with Gasteiger partial charge in [0.2, 0.25) is 0 Å². The van der Waals surface area contributed by atoms with Crippen LogP contribution >= 0.6 is 0 Å². The number of ether oxygens (including phenoxy) is 1. The molecule has 102 valence electrons. The molecule has 0 saturated carbocycles. The summed E-state index contributed by atoms with van der Waals surface area (Å²) in [7, 11) is 0. The summed E-state index contributed by atoms with van der Waals surface area (Å²) < 4.78 is 5.45. The van der Waals surface area contributed by atoms with E-state index in [0.29, 0.717) is 12.1 Å². The molecule has 1 aromatic carbocycles. The van der Waals surface area contributed by atoms with Crippen molar-refractivity contribution in [1.29, 1.82) is 0 Å². The number of rotatable bonds is 8. The second-order valence-corrected chi connectivity index (χ2v) is 4.93. The van der Waals surface area contributed by atoms with Crippen molar-refractivity contribution >= 4 is 0 Å². The van der Waals surface area contributed by atoms with Gasteiger partial charge in [-0.2, -0.15) is 0 Å². The van der Waals surface area contributed by atoms with Gasteiger partial charge in [0.15, 0.2) is 0 Å². The zero-order valence-electron chi connectivity index (χ0n) is 12.2. The Balaban J connectivity index is 2.47. The molecule has 0 aromatic heterocycles. The third-order valence-electron chi connectivity index (χ3n) is 3.22. The van der Waals surface area contributed by atoms with E-state index in [1.165, 1.54) is 24.8 Å². The lowest BCUT2D eigenvalue weighted by Crippen LogP contribution is -2.28. The molecule has 1 rings (SSSR count). The van der Waals surface area contributed by atoms with Gasteiger partial charge in [0.05, 0.1) is 6.61 Å². The number of benzene rings is 1. The van der Waals surface area contributed by atoms with Crippen molar-refractivity contribution in [2.75, 3.05) is 6.61 Å². The molecule has 0 aliphatic carbocycles. The molecule has 0 bridgehead atoms. The van der Waals surface area contributed by atoms with Gasteiger partial charge in [0.25, 0.3) is 0 Å². The zero-order valence-corrected chi connectivity index (χ0v) is 12.2. The van der Waals surface area contributed by atoms with Crippen LogP contribution in [0.15, 0.2) is 24.3 Å². The molecular weight excluding hydrogens is 222 g/mol. The van der Waals surface area contributed by atoms with Crippen LogP contribution in [0.4, 0.5) is 0 Å². The molecule has 0 saturated heterocycles.